The van der Waals surface area contributed by atoms with Gasteiger partial charge in [0.2, 0.25) is 0 Å². The minimum Gasteiger partial charge on any atom is -0.480 e. The van der Waals surface area contributed by atoms with Crippen LogP contribution in [0.2, 0.25) is 0 Å². The Kier molecular flexibility index (Phi) is 6.69. The second-order valence-corrected chi connectivity index (χ2v) is 3.81. The molecule has 98 valence electrons. The molecule has 0 aromatic heterocycles. The maximum absolute atomic E-state index is 11.2. The summed E-state index contributed by atoms with van der Waals surface area (Å²) >= 11 is 0. The number of carbonyl (C=O) groups is 3. The number of hydrogen-bond donors (Lipinski definition) is 2. The molecule has 7 heteroatoms. The summed E-state index contributed by atoms with van der Waals surface area (Å²) in [6, 6.07) is -1.35. The second kappa shape index (κ2) is 7.48. The molecular weight excluding hydrogens is 230 g/mol. The van der Waals surface area contributed by atoms with E-state index >= 15 is 0 Å². The third-order valence-corrected chi connectivity index (χ3v) is 1.74. The normalized spacial score (nSPS) is 11.8. The first-order chi connectivity index (χ1) is 7.86. The Morgan fingerprint density at radius 2 is 1.88 bits per heavy atom. The number of nitrogens with one attached hydrogen (secondary N) is 1. The number of esters is 1. The first-order valence-corrected chi connectivity index (χ1v) is 5.09. The highest BCUT2D eigenvalue weighted by Gasteiger charge is 2.24. The Morgan fingerprint density at radius 1 is 1.29 bits per heavy atom. The number of ether oxygens (including phenoxy) is 2. The number of rotatable bonds is 6. The molecular formula is C10H17NO6. The van der Waals surface area contributed by atoms with Gasteiger partial charge in [0, 0.05) is 0 Å². The first kappa shape index (κ1) is 15.2. The fraction of sp³-hybridized carbons (Fsp3) is 0.700. The molecule has 0 aliphatic rings. The van der Waals surface area contributed by atoms with E-state index in [0.29, 0.717) is 0 Å². The van der Waals surface area contributed by atoms with Crippen LogP contribution in [0.15, 0.2) is 0 Å². The molecule has 1 amide bonds. The van der Waals surface area contributed by atoms with Crippen LogP contribution >= 0.6 is 0 Å². The maximum atomic E-state index is 11.2. The zero-order valence-electron chi connectivity index (χ0n) is 10.1. The lowest BCUT2D eigenvalue weighted by Gasteiger charge is -2.14. The Hall–Kier alpha value is -1.79. The van der Waals surface area contributed by atoms with E-state index in [1.807, 2.05) is 13.8 Å². The molecule has 0 rings (SSSR count). The Morgan fingerprint density at radius 3 is 2.29 bits per heavy atom. The summed E-state index contributed by atoms with van der Waals surface area (Å²) in [6.45, 7) is 3.86. The van der Waals surface area contributed by atoms with Gasteiger partial charge < -0.3 is 19.9 Å². The highest BCUT2D eigenvalue weighted by molar-refractivity contribution is 5.85. The Bertz CT molecular complexity index is 289. The van der Waals surface area contributed by atoms with Crippen LogP contribution in [0, 0.1) is 5.92 Å². The standard InChI is InChI=1S/C10H17NO6/c1-6(2)5-17-10(15)11-7(9(13)14)4-8(12)16-3/h6-7H,4-5H2,1-3H3,(H,11,15)(H,13,14)/t7-/m0/s1. The van der Waals surface area contributed by atoms with E-state index in [1.54, 1.807) is 0 Å². The quantitative estimate of drug-likeness (QED) is 0.658. The van der Waals surface area contributed by atoms with E-state index in [2.05, 4.69) is 10.1 Å². The van der Waals surface area contributed by atoms with Crippen LogP contribution in [0.25, 0.3) is 0 Å². The van der Waals surface area contributed by atoms with Crippen LogP contribution in [0.1, 0.15) is 20.3 Å². The van der Waals surface area contributed by atoms with Gasteiger partial charge >= 0.3 is 18.0 Å². The molecule has 0 fully saturated rings. The topological polar surface area (TPSA) is 102 Å². The monoisotopic (exact) mass is 247 g/mol. The van der Waals surface area contributed by atoms with Crippen LogP contribution in [-0.2, 0) is 19.1 Å². The molecule has 0 aromatic rings. The summed E-state index contributed by atoms with van der Waals surface area (Å²) in [7, 11) is 1.14. The van der Waals surface area contributed by atoms with Crippen molar-refractivity contribution in [2.45, 2.75) is 26.3 Å². The number of amides is 1. The molecule has 0 aromatic carbocycles. The molecule has 0 saturated carbocycles. The third kappa shape index (κ3) is 7.15. The van der Waals surface area contributed by atoms with Crippen molar-refractivity contribution in [3.05, 3.63) is 0 Å². The molecule has 0 radical (unpaired) electrons. The smallest absolute Gasteiger partial charge is 0.407 e. The number of methoxy groups -OCH3 is 1. The van der Waals surface area contributed by atoms with Crippen molar-refractivity contribution in [1.82, 2.24) is 5.32 Å². The molecule has 17 heavy (non-hydrogen) atoms. The van der Waals surface area contributed by atoms with Gasteiger partial charge in [-0.3, -0.25) is 4.79 Å². The van der Waals surface area contributed by atoms with Crippen molar-refractivity contribution in [3.63, 3.8) is 0 Å². The molecule has 0 unspecified atom stereocenters. The van der Waals surface area contributed by atoms with Gasteiger partial charge in [-0.25, -0.2) is 9.59 Å². The van der Waals surface area contributed by atoms with Crippen LogP contribution in [-0.4, -0.2) is 42.9 Å². The zero-order chi connectivity index (χ0) is 13.4. The number of aliphatic carboxylic acids is 1. The zero-order valence-corrected chi connectivity index (χ0v) is 10.1. The molecule has 0 bridgehead atoms. The highest BCUT2D eigenvalue weighted by atomic mass is 16.5. The number of carboxylic acid groups (broad SMARTS) is 1. The van der Waals surface area contributed by atoms with Crippen molar-refractivity contribution in [2.24, 2.45) is 5.92 Å². The third-order valence-electron chi connectivity index (χ3n) is 1.74. The van der Waals surface area contributed by atoms with E-state index in [-0.39, 0.29) is 12.5 Å². The van der Waals surface area contributed by atoms with E-state index in [9.17, 15) is 14.4 Å². The van der Waals surface area contributed by atoms with Gasteiger partial charge in [0.25, 0.3) is 0 Å². The SMILES string of the molecule is COC(=O)C[C@H](NC(=O)OCC(C)C)C(=O)O. The molecule has 0 aliphatic carbocycles. The number of carbonyl (C=O) groups excluding carboxylic acids is 2. The summed E-state index contributed by atoms with van der Waals surface area (Å²) < 4.78 is 9.05. The van der Waals surface area contributed by atoms with Crippen molar-refractivity contribution in [1.29, 1.82) is 0 Å². The molecule has 7 nitrogen and oxygen atoms in total. The van der Waals surface area contributed by atoms with Crippen LogP contribution in [0.3, 0.4) is 0 Å². The summed E-state index contributed by atoms with van der Waals surface area (Å²) in [6.07, 6.45) is -1.31. The van der Waals surface area contributed by atoms with Gasteiger partial charge in [-0.2, -0.15) is 0 Å². The van der Waals surface area contributed by atoms with Crippen molar-refractivity contribution >= 4 is 18.0 Å². The summed E-state index contributed by atoms with van der Waals surface area (Å²) in [5, 5.41) is 10.8. The van der Waals surface area contributed by atoms with E-state index in [0.717, 1.165) is 7.11 Å². The van der Waals surface area contributed by atoms with Gasteiger partial charge in [0.1, 0.15) is 6.04 Å². The largest absolute Gasteiger partial charge is 0.480 e. The minimum absolute atomic E-state index is 0.143. The lowest BCUT2D eigenvalue weighted by molar-refractivity contribution is -0.147. The lowest BCUT2D eigenvalue weighted by atomic mass is 10.2. The van der Waals surface area contributed by atoms with E-state index < -0.39 is 30.5 Å². The fourth-order valence-electron chi connectivity index (χ4n) is 0.876. The van der Waals surface area contributed by atoms with Crippen LogP contribution in [0.5, 0.6) is 0 Å². The van der Waals surface area contributed by atoms with Gasteiger partial charge in [-0.1, -0.05) is 13.8 Å². The van der Waals surface area contributed by atoms with Crippen molar-refractivity contribution in [3.8, 4) is 0 Å². The van der Waals surface area contributed by atoms with Gasteiger partial charge in [0.15, 0.2) is 0 Å². The summed E-state index contributed by atoms with van der Waals surface area (Å²) in [4.78, 5) is 32.8. The predicted octanol–water partition coefficient (Wildman–Crippen LogP) is 0.385. The minimum atomic E-state index is -1.35. The van der Waals surface area contributed by atoms with E-state index in [4.69, 9.17) is 9.84 Å². The molecule has 2 N–H and O–H groups in total. The van der Waals surface area contributed by atoms with E-state index in [1.165, 1.54) is 0 Å². The fourth-order valence-corrected chi connectivity index (χ4v) is 0.876. The lowest BCUT2D eigenvalue weighted by Crippen LogP contribution is -2.42. The average Bonchev–Trinajstić information content (AvgIpc) is 2.25. The van der Waals surface area contributed by atoms with Crippen LogP contribution < -0.4 is 5.32 Å². The highest BCUT2D eigenvalue weighted by Crippen LogP contribution is 1.98. The Balaban J connectivity index is 4.20. The summed E-state index contributed by atoms with van der Waals surface area (Å²) in [5.74, 6) is -1.90. The first-order valence-electron chi connectivity index (χ1n) is 5.09. The van der Waals surface area contributed by atoms with Crippen molar-refractivity contribution < 1.29 is 29.0 Å². The molecule has 0 aliphatic heterocycles. The van der Waals surface area contributed by atoms with Crippen molar-refractivity contribution in [2.75, 3.05) is 13.7 Å². The van der Waals surface area contributed by atoms with Gasteiger partial charge in [0.05, 0.1) is 20.1 Å². The second-order valence-electron chi connectivity index (χ2n) is 3.81. The average molecular weight is 247 g/mol. The number of alkyl carbamates (subject to hydrolysis) is 1. The van der Waals surface area contributed by atoms with Crippen LogP contribution in [0.4, 0.5) is 4.79 Å². The summed E-state index contributed by atoms with van der Waals surface area (Å²) in [5.41, 5.74) is 0. The van der Waals surface area contributed by atoms with Gasteiger partial charge in [-0.15, -0.1) is 0 Å². The number of carboxylic acids is 1. The molecule has 0 saturated heterocycles. The molecule has 1 atom stereocenters. The predicted molar refractivity (Wildman–Crippen MR) is 57.4 cm³/mol. The molecule has 0 spiro atoms. The Labute approximate surface area is 99.1 Å². The van der Waals surface area contributed by atoms with Gasteiger partial charge in [-0.05, 0) is 5.92 Å². The number of hydrogen-bond acceptors (Lipinski definition) is 5. The maximum Gasteiger partial charge on any atom is 0.407 e. The molecule has 0 heterocycles.